The lowest BCUT2D eigenvalue weighted by Crippen LogP contribution is -2.36. The molecule has 0 saturated carbocycles. The molecule has 0 aliphatic carbocycles. The van der Waals surface area contributed by atoms with Crippen molar-refractivity contribution in [3.63, 3.8) is 0 Å². The molecule has 0 aromatic heterocycles. The number of rotatable bonds is 10. The Morgan fingerprint density at radius 3 is 2.14 bits per heavy atom. The van der Waals surface area contributed by atoms with Gasteiger partial charge in [-0.15, -0.1) is 0 Å². The predicted molar refractivity (Wildman–Crippen MR) is 93.2 cm³/mol. The van der Waals surface area contributed by atoms with Crippen LogP contribution in [0.2, 0.25) is 0 Å². The minimum Gasteiger partial charge on any atom is -0.513 e. The summed E-state index contributed by atoms with van der Waals surface area (Å²) in [6.07, 6.45) is 6.44. The number of nitrogens with zero attached hydrogens (tertiary/aromatic N) is 1. The van der Waals surface area contributed by atoms with Crippen molar-refractivity contribution in [2.45, 2.75) is 64.8 Å². The van der Waals surface area contributed by atoms with Crippen molar-refractivity contribution in [2.24, 2.45) is 0 Å². The Morgan fingerprint density at radius 2 is 1.59 bits per heavy atom. The number of carbonyl (C=O) groups is 1. The molecule has 0 bridgehead atoms. The molecule has 0 spiro atoms. The minimum absolute atomic E-state index is 0.172. The Labute approximate surface area is 134 Å². The normalized spacial score (nSPS) is 10.7. The topological polar surface area (TPSA) is 40.5 Å². The molecule has 3 nitrogen and oxygen atoms in total. The van der Waals surface area contributed by atoms with Crippen LogP contribution in [0.5, 0.6) is 0 Å². The van der Waals surface area contributed by atoms with Gasteiger partial charge in [0.25, 0.3) is 0 Å². The van der Waals surface area contributed by atoms with Crippen LogP contribution in [0.1, 0.15) is 58.8 Å². The zero-order valence-corrected chi connectivity index (χ0v) is 13.9. The van der Waals surface area contributed by atoms with E-state index in [0.29, 0.717) is 12.8 Å². The molecule has 1 aromatic rings. The number of para-hydroxylation sites is 1. The van der Waals surface area contributed by atoms with Gasteiger partial charge in [-0.05, 0) is 38.8 Å². The van der Waals surface area contributed by atoms with E-state index in [4.69, 9.17) is 5.11 Å². The molecule has 1 aromatic carbocycles. The third-order valence-electron chi connectivity index (χ3n) is 3.68. The molecular weight excluding hydrogens is 274 g/mol. The molecule has 122 valence electrons. The summed E-state index contributed by atoms with van der Waals surface area (Å²) in [4.78, 5) is 14.3. The summed E-state index contributed by atoms with van der Waals surface area (Å²) in [5.41, 5.74) is 0.976. The van der Waals surface area contributed by atoms with E-state index in [1.807, 2.05) is 49.1 Å². The van der Waals surface area contributed by atoms with Crippen molar-refractivity contribution in [1.82, 2.24) is 0 Å². The quantitative estimate of drug-likeness (QED) is 0.475. The van der Waals surface area contributed by atoms with Crippen LogP contribution in [0.4, 0.5) is 5.69 Å². The van der Waals surface area contributed by atoms with Crippen molar-refractivity contribution in [2.75, 3.05) is 4.90 Å². The molecule has 22 heavy (non-hydrogen) atoms. The maximum Gasteiger partial charge on any atom is 0.227 e. The Balaban J connectivity index is 2.32. The van der Waals surface area contributed by atoms with E-state index < -0.39 is 0 Å². The number of aliphatic hydroxyl groups excluding tert-OH is 1. The number of hydrogen-bond acceptors (Lipinski definition) is 2. The molecule has 0 fully saturated rings. The number of allylic oxidation sites excluding steroid dienone is 1. The fourth-order valence-electron chi connectivity index (χ4n) is 2.57. The lowest BCUT2D eigenvalue weighted by Gasteiger charge is -2.27. The first-order valence-electron chi connectivity index (χ1n) is 8.26. The van der Waals surface area contributed by atoms with E-state index in [1.54, 1.807) is 0 Å². The average Bonchev–Trinajstić information content (AvgIpc) is 2.47. The molecule has 3 heteroatoms. The fraction of sp³-hybridized carbons (Fsp3) is 0.526. The molecule has 1 N–H and O–H groups in total. The van der Waals surface area contributed by atoms with Gasteiger partial charge in [0, 0.05) is 24.6 Å². The highest BCUT2D eigenvalue weighted by Crippen LogP contribution is 2.19. The van der Waals surface area contributed by atoms with E-state index in [2.05, 4.69) is 6.58 Å². The van der Waals surface area contributed by atoms with Crippen molar-refractivity contribution < 1.29 is 9.90 Å². The zero-order valence-electron chi connectivity index (χ0n) is 13.9. The number of benzene rings is 1. The highest BCUT2D eigenvalue weighted by atomic mass is 16.3. The number of amides is 1. The number of aliphatic hydroxyl groups is 1. The van der Waals surface area contributed by atoms with E-state index in [9.17, 15) is 4.79 Å². The standard InChI is InChI=1S/C19H29NO2/c1-16(2)20(18-13-9-7-10-14-18)19(22)15-11-6-4-5-8-12-17(3)21/h7,9-10,13-14,16,21H,3-6,8,11-12,15H2,1-2H3. The predicted octanol–water partition coefficient (Wildman–Crippen LogP) is 5.23. The Hall–Kier alpha value is -1.77. The van der Waals surface area contributed by atoms with Crippen LogP contribution in [-0.4, -0.2) is 17.1 Å². The van der Waals surface area contributed by atoms with Crippen LogP contribution in [-0.2, 0) is 4.79 Å². The van der Waals surface area contributed by atoms with Gasteiger partial charge >= 0.3 is 0 Å². The van der Waals surface area contributed by atoms with Gasteiger partial charge in [-0.1, -0.05) is 44.0 Å². The zero-order chi connectivity index (χ0) is 16.4. The molecule has 1 amide bonds. The summed E-state index contributed by atoms with van der Waals surface area (Å²) in [6, 6.07) is 10.0. The van der Waals surface area contributed by atoms with Crippen LogP contribution < -0.4 is 4.90 Å². The number of hydrogen-bond donors (Lipinski definition) is 1. The van der Waals surface area contributed by atoms with Crippen molar-refractivity contribution >= 4 is 11.6 Å². The summed E-state index contributed by atoms with van der Waals surface area (Å²) in [7, 11) is 0. The van der Waals surface area contributed by atoms with Gasteiger partial charge in [-0.3, -0.25) is 4.79 Å². The highest BCUT2D eigenvalue weighted by Gasteiger charge is 2.17. The average molecular weight is 303 g/mol. The Bertz CT molecular complexity index is 454. The van der Waals surface area contributed by atoms with Crippen LogP contribution in [0.15, 0.2) is 42.7 Å². The third kappa shape index (κ3) is 6.79. The fourth-order valence-corrected chi connectivity index (χ4v) is 2.57. The summed E-state index contributed by atoms with van der Waals surface area (Å²) in [6.45, 7) is 7.58. The first-order valence-corrected chi connectivity index (χ1v) is 8.26. The lowest BCUT2D eigenvalue weighted by atomic mass is 10.1. The van der Waals surface area contributed by atoms with Crippen molar-refractivity contribution in [1.29, 1.82) is 0 Å². The van der Waals surface area contributed by atoms with Crippen LogP contribution in [0.3, 0.4) is 0 Å². The Kier molecular flexibility index (Phi) is 8.34. The second-order valence-electron chi connectivity index (χ2n) is 6.03. The molecule has 0 unspecified atom stereocenters. The summed E-state index contributed by atoms with van der Waals surface area (Å²) in [5, 5.41) is 9.00. The molecule has 0 radical (unpaired) electrons. The molecular formula is C19H29NO2. The molecule has 1 rings (SSSR count). The first kappa shape index (κ1) is 18.3. The molecule has 0 heterocycles. The summed E-state index contributed by atoms with van der Waals surface area (Å²) < 4.78 is 0. The summed E-state index contributed by atoms with van der Waals surface area (Å²) in [5.74, 6) is 0.468. The van der Waals surface area contributed by atoms with E-state index in [1.165, 1.54) is 0 Å². The third-order valence-corrected chi connectivity index (χ3v) is 3.68. The molecule has 0 aliphatic rings. The van der Waals surface area contributed by atoms with Crippen LogP contribution in [0, 0.1) is 0 Å². The maximum atomic E-state index is 12.4. The van der Waals surface area contributed by atoms with Gasteiger partial charge in [0.2, 0.25) is 5.91 Å². The van der Waals surface area contributed by atoms with Gasteiger partial charge in [-0.2, -0.15) is 0 Å². The second-order valence-corrected chi connectivity index (χ2v) is 6.03. The van der Waals surface area contributed by atoms with Gasteiger partial charge in [0.05, 0.1) is 5.76 Å². The highest BCUT2D eigenvalue weighted by molar-refractivity contribution is 5.93. The molecule has 0 atom stereocenters. The maximum absolute atomic E-state index is 12.4. The SMILES string of the molecule is C=C(O)CCCCCCCC(=O)N(c1ccccc1)C(C)C. The first-order chi connectivity index (χ1) is 10.5. The number of carbonyl (C=O) groups excluding carboxylic acids is 1. The number of unbranched alkanes of at least 4 members (excludes halogenated alkanes) is 4. The van der Waals surface area contributed by atoms with E-state index in [-0.39, 0.29) is 17.7 Å². The van der Waals surface area contributed by atoms with Gasteiger partial charge in [-0.25, -0.2) is 0 Å². The molecule has 0 aliphatic heterocycles. The largest absolute Gasteiger partial charge is 0.513 e. The monoisotopic (exact) mass is 303 g/mol. The van der Waals surface area contributed by atoms with Gasteiger partial charge in [0.15, 0.2) is 0 Å². The molecule has 0 saturated heterocycles. The van der Waals surface area contributed by atoms with Crippen molar-refractivity contribution in [3.8, 4) is 0 Å². The van der Waals surface area contributed by atoms with E-state index in [0.717, 1.165) is 37.8 Å². The van der Waals surface area contributed by atoms with Gasteiger partial charge < -0.3 is 10.0 Å². The smallest absolute Gasteiger partial charge is 0.227 e. The summed E-state index contributed by atoms with van der Waals surface area (Å²) >= 11 is 0. The van der Waals surface area contributed by atoms with Crippen molar-refractivity contribution in [3.05, 3.63) is 42.7 Å². The van der Waals surface area contributed by atoms with Crippen LogP contribution in [0.25, 0.3) is 0 Å². The number of anilines is 1. The van der Waals surface area contributed by atoms with E-state index >= 15 is 0 Å². The Morgan fingerprint density at radius 1 is 1.05 bits per heavy atom. The second kappa shape index (κ2) is 10.0. The minimum atomic E-state index is 0.172. The van der Waals surface area contributed by atoms with Crippen LogP contribution >= 0.6 is 0 Å². The van der Waals surface area contributed by atoms with Gasteiger partial charge in [0.1, 0.15) is 0 Å². The lowest BCUT2D eigenvalue weighted by molar-refractivity contribution is -0.119.